The molecule has 1 aromatic carbocycles. The summed E-state index contributed by atoms with van der Waals surface area (Å²) in [4.78, 5) is 4.30. The van der Waals surface area contributed by atoms with Crippen molar-refractivity contribution in [1.82, 2.24) is 19.6 Å². The number of pyridine rings is 1. The van der Waals surface area contributed by atoms with Crippen molar-refractivity contribution >= 4 is 5.65 Å². The number of aromatic nitrogens is 4. The number of benzene rings is 1. The van der Waals surface area contributed by atoms with Crippen molar-refractivity contribution in [1.29, 1.82) is 0 Å². The van der Waals surface area contributed by atoms with Crippen molar-refractivity contribution < 1.29 is 8.81 Å². The second kappa shape index (κ2) is 4.99. The van der Waals surface area contributed by atoms with Crippen molar-refractivity contribution in [2.24, 2.45) is 0 Å². The van der Waals surface area contributed by atoms with E-state index in [2.05, 4.69) is 15.2 Å². The molecule has 0 bridgehead atoms. The highest BCUT2D eigenvalue weighted by Crippen LogP contribution is 2.39. The molecule has 0 N–H and O–H groups in total. The zero-order valence-electron chi connectivity index (χ0n) is 12.7. The maximum absolute atomic E-state index is 13.2. The van der Waals surface area contributed by atoms with E-state index in [1.807, 2.05) is 22.7 Å². The first kappa shape index (κ1) is 13.4. The highest BCUT2D eigenvalue weighted by atomic mass is 19.1. The molecule has 1 saturated carbocycles. The van der Waals surface area contributed by atoms with Crippen LogP contribution >= 0.6 is 0 Å². The minimum atomic E-state index is -0.274. The molecule has 0 saturated heterocycles. The first-order valence-corrected chi connectivity index (χ1v) is 7.84. The van der Waals surface area contributed by atoms with Gasteiger partial charge in [-0.15, -0.1) is 10.2 Å². The van der Waals surface area contributed by atoms with Gasteiger partial charge in [0.2, 0.25) is 0 Å². The third-order valence-corrected chi connectivity index (χ3v) is 4.32. The summed E-state index contributed by atoms with van der Waals surface area (Å²) < 4.78 is 20.8. The van der Waals surface area contributed by atoms with Gasteiger partial charge in [0.25, 0.3) is 0 Å². The molecule has 6 heteroatoms. The molecule has 1 aliphatic rings. The molecular weight excluding hydrogens is 307 g/mol. The Morgan fingerprint density at radius 3 is 2.58 bits per heavy atom. The van der Waals surface area contributed by atoms with Gasteiger partial charge in [0.1, 0.15) is 17.3 Å². The summed E-state index contributed by atoms with van der Waals surface area (Å²) in [5.74, 6) is 1.87. The van der Waals surface area contributed by atoms with Crippen LogP contribution in [0.25, 0.3) is 28.2 Å². The predicted molar refractivity (Wildman–Crippen MR) is 85.9 cm³/mol. The van der Waals surface area contributed by atoms with Crippen LogP contribution in [0.5, 0.6) is 0 Å². The molecule has 1 fully saturated rings. The SMILES string of the molecule is Fc1ccc(-c2ncoc2-c2ccc3nnc(C4CC4)n3c2)cc1. The van der Waals surface area contributed by atoms with E-state index in [9.17, 15) is 4.39 Å². The Hall–Kier alpha value is -3.02. The first-order chi connectivity index (χ1) is 11.8. The van der Waals surface area contributed by atoms with Crippen molar-refractivity contribution in [3.8, 4) is 22.6 Å². The molecule has 3 heterocycles. The third kappa shape index (κ3) is 2.11. The van der Waals surface area contributed by atoms with E-state index < -0.39 is 0 Å². The Morgan fingerprint density at radius 1 is 1.00 bits per heavy atom. The molecular formula is C18H13FN4O. The molecule has 4 aromatic rings. The molecule has 0 radical (unpaired) electrons. The molecule has 0 spiro atoms. The van der Waals surface area contributed by atoms with Crippen LogP contribution in [0.3, 0.4) is 0 Å². The normalized spacial score (nSPS) is 14.4. The minimum Gasteiger partial charge on any atom is -0.443 e. The highest BCUT2D eigenvalue weighted by Gasteiger charge is 2.28. The van der Waals surface area contributed by atoms with E-state index in [1.165, 1.54) is 18.5 Å². The van der Waals surface area contributed by atoms with E-state index >= 15 is 0 Å². The second-order valence-electron chi connectivity index (χ2n) is 6.02. The van der Waals surface area contributed by atoms with E-state index in [0.717, 1.165) is 35.4 Å². The molecule has 5 nitrogen and oxygen atoms in total. The fraction of sp³-hybridized carbons (Fsp3) is 0.167. The lowest BCUT2D eigenvalue weighted by molar-refractivity contribution is 0.572. The first-order valence-electron chi connectivity index (χ1n) is 7.84. The van der Waals surface area contributed by atoms with Crippen LogP contribution in [0.2, 0.25) is 0 Å². The summed E-state index contributed by atoms with van der Waals surface area (Å²) in [6.45, 7) is 0. The number of halogens is 1. The Kier molecular flexibility index (Phi) is 2.79. The number of hydrogen-bond acceptors (Lipinski definition) is 4. The Bertz CT molecular complexity index is 1030. The smallest absolute Gasteiger partial charge is 0.182 e. The van der Waals surface area contributed by atoms with Gasteiger partial charge in [0, 0.05) is 23.2 Å². The van der Waals surface area contributed by atoms with Gasteiger partial charge in [-0.1, -0.05) is 0 Å². The van der Waals surface area contributed by atoms with E-state index in [1.54, 1.807) is 12.1 Å². The summed E-state index contributed by atoms with van der Waals surface area (Å²) in [6.07, 6.45) is 5.71. The van der Waals surface area contributed by atoms with Crippen LogP contribution in [0.15, 0.2) is 53.4 Å². The number of oxazole rings is 1. The lowest BCUT2D eigenvalue weighted by Gasteiger charge is -2.04. The van der Waals surface area contributed by atoms with Gasteiger partial charge in [-0.25, -0.2) is 9.37 Å². The molecule has 1 aliphatic carbocycles. The van der Waals surface area contributed by atoms with E-state index in [-0.39, 0.29) is 5.82 Å². The molecule has 118 valence electrons. The molecule has 0 atom stereocenters. The molecule has 3 aromatic heterocycles. The molecule has 0 amide bonds. The summed E-state index contributed by atoms with van der Waals surface area (Å²) in [7, 11) is 0. The number of hydrogen-bond donors (Lipinski definition) is 0. The predicted octanol–water partition coefficient (Wildman–Crippen LogP) is 4.07. The molecule has 0 unspecified atom stereocenters. The quantitative estimate of drug-likeness (QED) is 0.571. The van der Waals surface area contributed by atoms with Crippen LogP contribution in [-0.4, -0.2) is 19.6 Å². The number of fused-ring (bicyclic) bond motifs is 1. The zero-order chi connectivity index (χ0) is 16.1. The van der Waals surface area contributed by atoms with Gasteiger partial charge in [-0.05, 0) is 49.2 Å². The van der Waals surface area contributed by atoms with Crippen molar-refractivity contribution in [3.63, 3.8) is 0 Å². The Balaban J connectivity index is 1.64. The Morgan fingerprint density at radius 2 is 1.79 bits per heavy atom. The third-order valence-electron chi connectivity index (χ3n) is 4.32. The average molecular weight is 320 g/mol. The van der Waals surface area contributed by atoms with Gasteiger partial charge < -0.3 is 4.42 Å². The summed E-state index contributed by atoms with van der Waals surface area (Å²) in [5.41, 5.74) is 3.21. The van der Waals surface area contributed by atoms with E-state index in [0.29, 0.717) is 17.4 Å². The van der Waals surface area contributed by atoms with Crippen LogP contribution in [0, 0.1) is 5.82 Å². The standard InChI is InChI=1S/C18H13FN4O/c19-14-6-3-11(4-7-14)16-17(24-10-20-16)13-5-8-15-21-22-18(12-1-2-12)23(15)9-13/h3-10,12H,1-2H2. The van der Waals surface area contributed by atoms with Gasteiger partial charge in [0.05, 0.1) is 0 Å². The molecule has 24 heavy (non-hydrogen) atoms. The van der Waals surface area contributed by atoms with Gasteiger partial charge in [0.15, 0.2) is 17.8 Å². The van der Waals surface area contributed by atoms with Crippen LogP contribution in [0.1, 0.15) is 24.6 Å². The second-order valence-corrected chi connectivity index (χ2v) is 6.02. The lowest BCUT2D eigenvalue weighted by Crippen LogP contribution is -1.93. The summed E-state index contributed by atoms with van der Waals surface area (Å²) in [5, 5.41) is 8.51. The Labute approximate surface area is 136 Å². The van der Waals surface area contributed by atoms with Crippen molar-refractivity contribution in [2.45, 2.75) is 18.8 Å². The average Bonchev–Trinajstić information content (AvgIpc) is 3.18. The topological polar surface area (TPSA) is 56.2 Å². The maximum atomic E-state index is 13.2. The summed E-state index contributed by atoms with van der Waals surface area (Å²) in [6, 6.07) is 10.1. The van der Waals surface area contributed by atoms with E-state index in [4.69, 9.17) is 4.42 Å². The van der Waals surface area contributed by atoms with Crippen molar-refractivity contribution in [3.05, 3.63) is 60.6 Å². The maximum Gasteiger partial charge on any atom is 0.182 e. The van der Waals surface area contributed by atoms with Crippen LogP contribution < -0.4 is 0 Å². The largest absolute Gasteiger partial charge is 0.443 e. The molecule has 0 aliphatic heterocycles. The van der Waals surface area contributed by atoms with Gasteiger partial charge in [-0.2, -0.15) is 0 Å². The van der Waals surface area contributed by atoms with Crippen LogP contribution in [-0.2, 0) is 0 Å². The van der Waals surface area contributed by atoms with Gasteiger partial charge >= 0.3 is 0 Å². The minimum absolute atomic E-state index is 0.274. The highest BCUT2D eigenvalue weighted by molar-refractivity contribution is 5.76. The monoisotopic (exact) mass is 320 g/mol. The van der Waals surface area contributed by atoms with Crippen LogP contribution in [0.4, 0.5) is 4.39 Å². The fourth-order valence-corrected chi connectivity index (χ4v) is 2.93. The lowest BCUT2D eigenvalue weighted by atomic mass is 10.1. The zero-order valence-corrected chi connectivity index (χ0v) is 12.7. The number of nitrogens with zero attached hydrogens (tertiary/aromatic N) is 4. The van der Waals surface area contributed by atoms with Crippen molar-refractivity contribution in [2.75, 3.05) is 0 Å². The summed E-state index contributed by atoms with van der Waals surface area (Å²) >= 11 is 0. The fourth-order valence-electron chi connectivity index (χ4n) is 2.93. The van der Waals surface area contributed by atoms with Gasteiger partial charge in [-0.3, -0.25) is 4.40 Å². The number of rotatable bonds is 3. The molecule has 5 rings (SSSR count).